The van der Waals surface area contributed by atoms with Crippen LogP contribution in [0.4, 0.5) is 5.82 Å². The summed E-state index contributed by atoms with van der Waals surface area (Å²) in [4.78, 5) is 15.6. The van der Waals surface area contributed by atoms with Crippen LogP contribution in [0, 0.1) is 0 Å². The molecule has 0 unspecified atom stereocenters. The van der Waals surface area contributed by atoms with Crippen LogP contribution in [0.15, 0.2) is 28.7 Å². The lowest BCUT2D eigenvalue weighted by molar-refractivity contribution is 0.0602. The number of carbonyl (C=O) groups is 1. The molecule has 5 heteroatoms. The molecule has 0 fully saturated rings. The average Bonchev–Trinajstić information content (AvgIpc) is 2.28. The number of nitrogen functional groups attached to an aromatic ring is 1. The zero-order valence-electron chi connectivity index (χ0n) is 8.53. The number of fused-ring (bicyclic) bond motifs is 1. The Morgan fingerprint density at radius 1 is 1.50 bits per heavy atom. The molecule has 0 radical (unpaired) electrons. The lowest BCUT2D eigenvalue weighted by atomic mass is 10.1. The van der Waals surface area contributed by atoms with Crippen molar-refractivity contribution in [3.8, 4) is 0 Å². The fourth-order valence-electron chi connectivity index (χ4n) is 1.45. The van der Waals surface area contributed by atoms with Crippen molar-refractivity contribution in [2.24, 2.45) is 0 Å². The number of esters is 1. The van der Waals surface area contributed by atoms with Crippen molar-refractivity contribution in [1.82, 2.24) is 4.98 Å². The highest BCUT2D eigenvalue weighted by Gasteiger charge is 2.13. The molecule has 1 aromatic carbocycles. The Bertz CT molecular complexity index is 569. The average molecular weight is 281 g/mol. The van der Waals surface area contributed by atoms with Gasteiger partial charge in [0.25, 0.3) is 0 Å². The summed E-state index contributed by atoms with van der Waals surface area (Å²) in [6.45, 7) is 0. The number of ether oxygens (including phenoxy) is 1. The van der Waals surface area contributed by atoms with Crippen molar-refractivity contribution >= 4 is 38.6 Å². The number of rotatable bonds is 1. The Morgan fingerprint density at radius 3 is 2.94 bits per heavy atom. The summed E-state index contributed by atoms with van der Waals surface area (Å²) in [6, 6.07) is 7.24. The molecule has 0 saturated heterocycles. The molecule has 0 aliphatic heterocycles. The third kappa shape index (κ3) is 1.74. The van der Waals surface area contributed by atoms with E-state index in [1.807, 2.05) is 18.2 Å². The van der Waals surface area contributed by atoms with Gasteiger partial charge in [0.05, 0.1) is 12.6 Å². The number of hydrogen-bond donors (Lipinski definition) is 1. The van der Waals surface area contributed by atoms with Crippen LogP contribution < -0.4 is 5.73 Å². The van der Waals surface area contributed by atoms with Crippen LogP contribution in [0.1, 0.15) is 10.4 Å². The molecular formula is C11H9BrN2O2. The van der Waals surface area contributed by atoms with E-state index in [1.165, 1.54) is 7.11 Å². The van der Waals surface area contributed by atoms with Gasteiger partial charge in [-0.1, -0.05) is 22.0 Å². The van der Waals surface area contributed by atoms with Crippen molar-refractivity contribution in [1.29, 1.82) is 0 Å². The first-order valence-corrected chi connectivity index (χ1v) is 5.36. The molecule has 4 nitrogen and oxygen atoms in total. The Hall–Kier alpha value is -1.62. The Morgan fingerprint density at radius 2 is 2.25 bits per heavy atom. The summed E-state index contributed by atoms with van der Waals surface area (Å²) in [6.07, 6.45) is 0. The van der Waals surface area contributed by atoms with Gasteiger partial charge >= 0.3 is 5.97 Å². The maximum absolute atomic E-state index is 11.4. The van der Waals surface area contributed by atoms with Gasteiger partial charge in [-0.05, 0) is 18.2 Å². The van der Waals surface area contributed by atoms with Crippen molar-refractivity contribution in [2.45, 2.75) is 0 Å². The molecule has 2 rings (SSSR count). The van der Waals surface area contributed by atoms with Crippen molar-refractivity contribution in [2.75, 3.05) is 12.8 Å². The van der Waals surface area contributed by atoms with Gasteiger partial charge < -0.3 is 10.5 Å². The Balaban J connectivity index is 2.74. The highest BCUT2D eigenvalue weighted by molar-refractivity contribution is 9.10. The number of anilines is 1. The number of hydrogen-bond acceptors (Lipinski definition) is 4. The predicted molar refractivity (Wildman–Crippen MR) is 65.2 cm³/mol. The van der Waals surface area contributed by atoms with E-state index in [2.05, 4.69) is 25.7 Å². The number of benzene rings is 1. The second kappa shape index (κ2) is 4.09. The number of methoxy groups -OCH3 is 1. The number of pyridine rings is 1. The monoisotopic (exact) mass is 280 g/mol. The largest absolute Gasteiger partial charge is 0.465 e. The molecule has 0 amide bonds. The minimum absolute atomic E-state index is 0.178. The summed E-state index contributed by atoms with van der Waals surface area (Å²) in [5.41, 5.74) is 6.70. The van der Waals surface area contributed by atoms with Crippen LogP contribution in [0.5, 0.6) is 0 Å². The molecule has 16 heavy (non-hydrogen) atoms. The van der Waals surface area contributed by atoms with E-state index in [4.69, 9.17) is 5.73 Å². The number of aromatic nitrogens is 1. The molecule has 1 heterocycles. The normalized spacial score (nSPS) is 10.4. The van der Waals surface area contributed by atoms with Gasteiger partial charge in [-0.15, -0.1) is 0 Å². The Labute approximate surface area is 101 Å². The molecule has 0 atom stereocenters. The van der Waals surface area contributed by atoms with Gasteiger partial charge in [0, 0.05) is 9.86 Å². The molecule has 1 aromatic heterocycles. The van der Waals surface area contributed by atoms with Crippen LogP contribution in [-0.2, 0) is 4.74 Å². The van der Waals surface area contributed by atoms with E-state index in [0.29, 0.717) is 0 Å². The maximum atomic E-state index is 11.4. The first kappa shape index (κ1) is 10.9. The highest BCUT2D eigenvalue weighted by atomic mass is 79.9. The summed E-state index contributed by atoms with van der Waals surface area (Å²) < 4.78 is 5.50. The van der Waals surface area contributed by atoms with Gasteiger partial charge in [0.15, 0.2) is 0 Å². The number of halogens is 1. The van der Waals surface area contributed by atoms with Gasteiger partial charge in [-0.3, -0.25) is 0 Å². The number of nitrogens with two attached hydrogens (primary N) is 1. The van der Waals surface area contributed by atoms with E-state index in [1.54, 1.807) is 6.07 Å². The minimum atomic E-state index is -0.484. The fourth-order valence-corrected chi connectivity index (χ4v) is 1.92. The standard InChI is InChI=1S/C11H9BrN2O2/c1-16-11(15)7-5-6-8(12)3-2-4-9(6)14-10(7)13/h2-5H,1H3,(H2,13,14). The molecular weight excluding hydrogens is 272 g/mol. The molecule has 2 aromatic rings. The van der Waals surface area contributed by atoms with Crippen LogP contribution in [0.2, 0.25) is 0 Å². The van der Waals surface area contributed by atoms with Crippen molar-refractivity contribution < 1.29 is 9.53 Å². The van der Waals surface area contributed by atoms with E-state index >= 15 is 0 Å². The fraction of sp³-hybridized carbons (Fsp3) is 0.0909. The summed E-state index contributed by atoms with van der Waals surface area (Å²) in [5, 5.41) is 0.831. The van der Waals surface area contributed by atoms with Crippen molar-refractivity contribution in [3.05, 3.63) is 34.3 Å². The van der Waals surface area contributed by atoms with E-state index in [0.717, 1.165) is 15.4 Å². The van der Waals surface area contributed by atoms with Crippen LogP contribution in [0.3, 0.4) is 0 Å². The van der Waals surface area contributed by atoms with Gasteiger partial charge in [0.1, 0.15) is 11.4 Å². The topological polar surface area (TPSA) is 65.2 Å². The van der Waals surface area contributed by atoms with Crippen molar-refractivity contribution in [3.63, 3.8) is 0 Å². The lowest BCUT2D eigenvalue weighted by Gasteiger charge is -2.06. The smallest absolute Gasteiger partial charge is 0.341 e. The third-order valence-electron chi connectivity index (χ3n) is 2.24. The zero-order valence-corrected chi connectivity index (χ0v) is 10.1. The minimum Gasteiger partial charge on any atom is -0.465 e. The highest BCUT2D eigenvalue weighted by Crippen LogP contribution is 2.25. The summed E-state index contributed by atoms with van der Waals surface area (Å²) in [7, 11) is 1.31. The Kier molecular flexibility index (Phi) is 2.78. The van der Waals surface area contributed by atoms with Crippen LogP contribution >= 0.6 is 15.9 Å². The quantitative estimate of drug-likeness (QED) is 0.815. The van der Waals surface area contributed by atoms with Crippen LogP contribution in [-0.4, -0.2) is 18.1 Å². The number of carbonyl (C=O) groups excluding carboxylic acids is 1. The molecule has 2 N–H and O–H groups in total. The molecule has 82 valence electrons. The molecule has 0 spiro atoms. The third-order valence-corrected chi connectivity index (χ3v) is 2.93. The summed E-state index contributed by atoms with van der Waals surface area (Å²) >= 11 is 3.39. The van der Waals surface area contributed by atoms with Crippen LogP contribution in [0.25, 0.3) is 10.9 Å². The first-order chi connectivity index (χ1) is 7.63. The molecule has 0 aliphatic carbocycles. The first-order valence-electron chi connectivity index (χ1n) is 4.56. The van der Waals surface area contributed by atoms with Gasteiger partial charge in [-0.25, -0.2) is 9.78 Å². The predicted octanol–water partition coefficient (Wildman–Crippen LogP) is 2.37. The zero-order chi connectivity index (χ0) is 11.7. The second-order valence-corrected chi connectivity index (χ2v) is 4.07. The van der Waals surface area contributed by atoms with Gasteiger partial charge in [-0.2, -0.15) is 0 Å². The maximum Gasteiger partial charge on any atom is 0.341 e. The SMILES string of the molecule is COC(=O)c1cc2c(Br)cccc2nc1N. The molecule has 0 aliphatic rings. The molecule has 0 bridgehead atoms. The van der Waals surface area contributed by atoms with E-state index in [9.17, 15) is 4.79 Å². The molecule has 0 saturated carbocycles. The van der Waals surface area contributed by atoms with E-state index < -0.39 is 5.97 Å². The lowest BCUT2D eigenvalue weighted by Crippen LogP contribution is -2.07. The van der Waals surface area contributed by atoms with Gasteiger partial charge in [0.2, 0.25) is 0 Å². The number of nitrogens with zero attached hydrogens (tertiary/aromatic N) is 1. The summed E-state index contributed by atoms with van der Waals surface area (Å²) in [5.74, 6) is -0.305. The van der Waals surface area contributed by atoms with E-state index in [-0.39, 0.29) is 11.4 Å². The second-order valence-electron chi connectivity index (χ2n) is 3.22.